The van der Waals surface area contributed by atoms with E-state index in [0.717, 1.165) is 24.2 Å². The Kier molecular flexibility index (Phi) is 2.92. The molecule has 2 aromatic rings. The van der Waals surface area contributed by atoms with Gasteiger partial charge in [0.15, 0.2) is 0 Å². The number of benzene rings is 1. The van der Waals surface area contributed by atoms with E-state index in [1.165, 1.54) is 5.39 Å². The van der Waals surface area contributed by atoms with Gasteiger partial charge < -0.3 is 14.4 Å². The van der Waals surface area contributed by atoms with Crippen LogP contribution in [0.15, 0.2) is 30.5 Å². The van der Waals surface area contributed by atoms with E-state index in [1.807, 2.05) is 18.3 Å². The summed E-state index contributed by atoms with van der Waals surface area (Å²) in [5, 5.41) is 9.99. The van der Waals surface area contributed by atoms with E-state index in [1.54, 1.807) is 7.11 Å². The fourth-order valence-corrected chi connectivity index (χ4v) is 1.82. The first-order valence-corrected chi connectivity index (χ1v) is 5.09. The molecule has 0 unspecified atom stereocenters. The summed E-state index contributed by atoms with van der Waals surface area (Å²) in [4.78, 5) is 0. The van der Waals surface area contributed by atoms with E-state index < -0.39 is 0 Å². The van der Waals surface area contributed by atoms with Gasteiger partial charge >= 0.3 is 0 Å². The smallest absolute Gasteiger partial charge is 0.143 e. The zero-order valence-electron chi connectivity index (χ0n) is 8.81. The highest BCUT2D eigenvalue weighted by Crippen LogP contribution is 2.26. The molecule has 0 aliphatic heterocycles. The summed E-state index contributed by atoms with van der Waals surface area (Å²) in [5.41, 5.74) is 1.11. The number of hydrogen-bond acceptors (Lipinski definition) is 2. The van der Waals surface area contributed by atoms with Crippen LogP contribution in [0.5, 0.6) is 5.75 Å². The van der Waals surface area contributed by atoms with Gasteiger partial charge in [-0.05, 0) is 18.6 Å². The molecule has 0 radical (unpaired) electrons. The second-order valence-corrected chi connectivity index (χ2v) is 3.48. The van der Waals surface area contributed by atoms with Crippen LogP contribution >= 0.6 is 0 Å². The normalized spacial score (nSPS) is 10.8. The summed E-state index contributed by atoms with van der Waals surface area (Å²) in [6.07, 6.45) is 2.80. The van der Waals surface area contributed by atoms with Crippen LogP contribution in [0.4, 0.5) is 0 Å². The van der Waals surface area contributed by atoms with Crippen LogP contribution in [-0.2, 0) is 6.54 Å². The zero-order chi connectivity index (χ0) is 10.7. The fourth-order valence-electron chi connectivity index (χ4n) is 1.82. The standard InChI is InChI=1S/C12H15NO2/c1-15-11-5-2-4-10-6-8-13(12(10)11)7-3-9-14/h2,4-6,8,14H,3,7,9H2,1H3. The first kappa shape index (κ1) is 10.1. The Balaban J connectivity index is 2.46. The number of ether oxygens (including phenoxy) is 1. The average molecular weight is 205 g/mol. The van der Waals surface area contributed by atoms with Crippen molar-refractivity contribution in [2.75, 3.05) is 13.7 Å². The number of fused-ring (bicyclic) bond motifs is 1. The summed E-state index contributed by atoms with van der Waals surface area (Å²) in [6.45, 7) is 1.04. The minimum Gasteiger partial charge on any atom is -0.495 e. The third kappa shape index (κ3) is 1.83. The van der Waals surface area contributed by atoms with E-state index in [-0.39, 0.29) is 6.61 Å². The molecule has 15 heavy (non-hydrogen) atoms. The molecule has 0 atom stereocenters. The largest absolute Gasteiger partial charge is 0.495 e. The maximum atomic E-state index is 8.82. The quantitative estimate of drug-likeness (QED) is 0.828. The Hall–Kier alpha value is -1.48. The number of nitrogens with zero attached hydrogens (tertiary/aromatic N) is 1. The molecule has 2 rings (SSSR count). The van der Waals surface area contributed by atoms with Gasteiger partial charge in [-0.1, -0.05) is 12.1 Å². The highest BCUT2D eigenvalue weighted by molar-refractivity contribution is 5.85. The van der Waals surface area contributed by atoms with Crippen LogP contribution in [0.25, 0.3) is 10.9 Å². The molecule has 3 nitrogen and oxygen atoms in total. The molecular formula is C12H15NO2. The number of rotatable bonds is 4. The lowest BCUT2D eigenvalue weighted by atomic mass is 10.2. The van der Waals surface area contributed by atoms with Crippen molar-refractivity contribution in [3.63, 3.8) is 0 Å². The van der Waals surface area contributed by atoms with Crippen LogP contribution in [0.1, 0.15) is 6.42 Å². The number of aryl methyl sites for hydroxylation is 1. The van der Waals surface area contributed by atoms with Gasteiger partial charge in [0, 0.05) is 24.7 Å². The number of aromatic nitrogens is 1. The minimum atomic E-state index is 0.217. The molecular weight excluding hydrogens is 190 g/mol. The topological polar surface area (TPSA) is 34.4 Å². The second-order valence-electron chi connectivity index (χ2n) is 3.48. The van der Waals surface area contributed by atoms with E-state index in [2.05, 4.69) is 16.7 Å². The lowest BCUT2D eigenvalue weighted by Gasteiger charge is -2.07. The molecule has 0 saturated carbocycles. The van der Waals surface area contributed by atoms with Gasteiger partial charge in [0.05, 0.1) is 12.6 Å². The molecule has 1 N–H and O–H groups in total. The molecule has 3 heteroatoms. The van der Waals surface area contributed by atoms with Crippen molar-refractivity contribution in [1.29, 1.82) is 0 Å². The molecule has 0 saturated heterocycles. The van der Waals surface area contributed by atoms with E-state index in [0.29, 0.717) is 0 Å². The molecule has 0 bridgehead atoms. The summed E-state index contributed by atoms with van der Waals surface area (Å²) in [7, 11) is 1.68. The number of para-hydroxylation sites is 1. The highest BCUT2D eigenvalue weighted by Gasteiger charge is 2.05. The molecule has 0 aliphatic rings. The summed E-state index contributed by atoms with van der Waals surface area (Å²) in [6, 6.07) is 8.07. The van der Waals surface area contributed by atoms with Gasteiger partial charge in [0.1, 0.15) is 5.75 Å². The third-order valence-electron chi connectivity index (χ3n) is 2.53. The van der Waals surface area contributed by atoms with Crippen molar-refractivity contribution in [1.82, 2.24) is 4.57 Å². The van der Waals surface area contributed by atoms with Crippen LogP contribution in [0, 0.1) is 0 Å². The van der Waals surface area contributed by atoms with Crippen molar-refractivity contribution < 1.29 is 9.84 Å². The SMILES string of the molecule is COc1cccc2ccn(CCCO)c12. The summed E-state index contributed by atoms with van der Waals surface area (Å²) < 4.78 is 7.44. The molecule has 0 aliphatic carbocycles. The van der Waals surface area contributed by atoms with E-state index in [9.17, 15) is 0 Å². The summed E-state index contributed by atoms with van der Waals surface area (Å²) >= 11 is 0. The van der Waals surface area contributed by atoms with Crippen LogP contribution in [0.3, 0.4) is 0 Å². The molecule has 80 valence electrons. The Morgan fingerprint density at radius 2 is 2.20 bits per heavy atom. The van der Waals surface area contributed by atoms with Crippen LogP contribution in [0.2, 0.25) is 0 Å². The predicted molar refractivity (Wildman–Crippen MR) is 60.2 cm³/mol. The van der Waals surface area contributed by atoms with Crippen LogP contribution in [-0.4, -0.2) is 23.4 Å². The van der Waals surface area contributed by atoms with Gasteiger partial charge in [-0.2, -0.15) is 0 Å². The Labute approximate surface area is 88.9 Å². The molecule has 1 aromatic heterocycles. The minimum absolute atomic E-state index is 0.217. The number of hydrogen-bond donors (Lipinski definition) is 1. The highest BCUT2D eigenvalue weighted by atomic mass is 16.5. The first-order chi connectivity index (χ1) is 7.36. The molecule has 0 spiro atoms. The van der Waals surface area contributed by atoms with Gasteiger partial charge in [-0.25, -0.2) is 0 Å². The Morgan fingerprint density at radius 1 is 1.33 bits per heavy atom. The summed E-state index contributed by atoms with van der Waals surface area (Å²) in [5.74, 6) is 0.885. The Bertz CT molecular complexity index is 448. The number of aliphatic hydroxyl groups excluding tert-OH is 1. The van der Waals surface area contributed by atoms with Gasteiger partial charge in [0.25, 0.3) is 0 Å². The Morgan fingerprint density at radius 3 is 2.93 bits per heavy atom. The molecule has 0 fully saturated rings. The number of aliphatic hydroxyl groups is 1. The molecule has 1 heterocycles. The van der Waals surface area contributed by atoms with Gasteiger partial charge in [0.2, 0.25) is 0 Å². The van der Waals surface area contributed by atoms with Gasteiger partial charge in [-0.3, -0.25) is 0 Å². The average Bonchev–Trinajstić information content (AvgIpc) is 2.69. The maximum Gasteiger partial charge on any atom is 0.143 e. The van der Waals surface area contributed by atoms with Crippen molar-refractivity contribution >= 4 is 10.9 Å². The predicted octanol–water partition coefficient (Wildman–Crippen LogP) is 2.03. The first-order valence-electron chi connectivity index (χ1n) is 5.09. The molecule has 1 aromatic carbocycles. The van der Waals surface area contributed by atoms with Crippen molar-refractivity contribution in [3.8, 4) is 5.75 Å². The zero-order valence-corrected chi connectivity index (χ0v) is 8.81. The fraction of sp³-hybridized carbons (Fsp3) is 0.333. The van der Waals surface area contributed by atoms with Crippen LogP contribution < -0.4 is 4.74 Å². The number of methoxy groups -OCH3 is 1. The van der Waals surface area contributed by atoms with E-state index >= 15 is 0 Å². The maximum absolute atomic E-state index is 8.82. The molecule has 0 amide bonds. The lowest BCUT2D eigenvalue weighted by Crippen LogP contribution is -1.99. The third-order valence-corrected chi connectivity index (χ3v) is 2.53. The van der Waals surface area contributed by atoms with Crippen molar-refractivity contribution in [3.05, 3.63) is 30.5 Å². The monoisotopic (exact) mass is 205 g/mol. The second kappa shape index (κ2) is 4.36. The van der Waals surface area contributed by atoms with Gasteiger partial charge in [-0.15, -0.1) is 0 Å². The van der Waals surface area contributed by atoms with Crippen molar-refractivity contribution in [2.45, 2.75) is 13.0 Å². The van der Waals surface area contributed by atoms with E-state index in [4.69, 9.17) is 9.84 Å². The van der Waals surface area contributed by atoms with Crippen molar-refractivity contribution in [2.24, 2.45) is 0 Å². The lowest BCUT2D eigenvalue weighted by molar-refractivity contribution is 0.280.